The minimum absolute atomic E-state index is 0.461. The van der Waals surface area contributed by atoms with Crippen molar-refractivity contribution in [3.05, 3.63) is 34.9 Å². The van der Waals surface area contributed by atoms with E-state index in [2.05, 4.69) is 0 Å². The fraction of sp³-hybridized carbons (Fsp3) is 0.333. The van der Waals surface area contributed by atoms with Gasteiger partial charge in [-0.3, -0.25) is 0 Å². The average Bonchev–Trinajstić information content (AvgIpc) is 1.92. The average molecular weight is 123 g/mol. The first kappa shape index (κ1) is 3.40. The van der Waals surface area contributed by atoms with Crippen molar-refractivity contribution in [2.45, 2.75) is 20.7 Å². The van der Waals surface area contributed by atoms with Gasteiger partial charge >= 0.3 is 0 Å². The lowest BCUT2D eigenvalue weighted by molar-refractivity contribution is 1.30. The van der Waals surface area contributed by atoms with Crippen molar-refractivity contribution in [1.29, 1.82) is 0 Å². The molecule has 48 valence electrons. The van der Waals surface area contributed by atoms with Crippen LogP contribution in [0.15, 0.2) is 18.2 Å². The highest BCUT2D eigenvalue weighted by atomic mass is 13.9. The molecule has 0 saturated heterocycles. The van der Waals surface area contributed by atoms with Gasteiger partial charge in [-0.15, -0.1) is 0 Å². The first-order chi connectivity index (χ1) is 5.41. The lowest BCUT2D eigenvalue weighted by Gasteiger charge is -1.98. The normalized spacial score (nSPS) is 16.0. The number of hydrogen-bond acceptors (Lipinski definition) is 0. The van der Waals surface area contributed by atoms with E-state index in [0.717, 1.165) is 11.1 Å². The zero-order chi connectivity index (χ0) is 9.35. The van der Waals surface area contributed by atoms with Crippen LogP contribution in [0.1, 0.15) is 20.8 Å². The minimum Gasteiger partial charge on any atom is -0.0590 e. The maximum absolute atomic E-state index is 7.24. The number of hydrogen-bond donors (Lipinski definition) is 0. The molecule has 0 unspecified atom stereocenters. The summed E-state index contributed by atoms with van der Waals surface area (Å²) in [5.74, 6) is 0. The maximum atomic E-state index is 7.24. The Morgan fingerprint density at radius 3 is 2.56 bits per heavy atom. The van der Waals surface area contributed by atoms with Crippen LogP contribution in [-0.4, -0.2) is 0 Å². The molecule has 1 rings (SSSR count). The molecular formula is C9H12. The summed E-state index contributed by atoms with van der Waals surface area (Å²) in [6.45, 7) is 1.74. The van der Waals surface area contributed by atoms with Crippen LogP contribution in [0.4, 0.5) is 0 Å². The quantitative estimate of drug-likeness (QED) is 0.497. The Morgan fingerprint density at radius 2 is 2.00 bits per heavy atom. The molecule has 0 heteroatoms. The second-order valence-corrected chi connectivity index (χ2v) is 2.32. The molecule has 0 N–H and O–H groups in total. The van der Waals surface area contributed by atoms with Gasteiger partial charge in [-0.25, -0.2) is 0 Å². The van der Waals surface area contributed by atoms with E-state index >= 15 is 0 Å². The zero-order valence-electron chi connectivity index (χ0n) is 8.73. The van der Waals surface area contributed by atoms with Gasteiger partial charge < -0.3 is 0 Å². The SMILES string of the molecule is [2H]C([2H])([2H])c1cc(C)ccc1C. The van der Waals surface area contributed by atoms with E-state index in [4.69, 9.17) is 4.11 Å². The summed E-state index contributed by atoms with van der Waals surface area (Å²) in [5.41, 5.74) is 2.29. The van der Waals surface area contributed by atoms with Crippen LogP contribution in [0.3, 0.4) is 0 Å². The van der Waals surface area contributed by atoms with E-state index in [1.165, 1.54) is 0 Å². The summed E-state index contributed by atoms with van der Waals surface area (Å²) < 4.78 is 21.7. The minimum atomic E-state index is -1.98. The Labute approximate surface area is 60.7 Å². The Hall–Kier alpha value is -0.780. The van der Waals surface area contributed by atoms with E-state index in [9.17, 15) is 0 Å². The summed E-state index contributed by atoms with van der Waals surface area (Å²) in [4.78, 5) is 0. The molecule has 0 radical (unpaired) electrons. The lowest BCUT2D eigenvalue weighted by Crippen LogP contribution is -1.79. The predicted octanol–water partition coefficient (Wildman–Crippen LogP) is 2.61. The number of rotatable bonds is 0. The second kappa shape index (κ2) is 2.22. The molecule has 0 aromatic heterocycles. The smallest absolute Gasteiger partial charge is 0.0280 e. The number of benzene rings is 1. The van der Waals surface area contributed by atoms with E-state index in [1.54, 1.807) is 6.07 Å². The highest BCUT2D eigenvalue weighted by Crippen LogP contribution is 2.07. The van der Waals surface area contributed by atoms with E-state index in [1.807, 2.05) is 26.0 Å². The van der Waals surface area contributed by atoms with Gasteiger partial charge in [-0.1, -0.05) is 23.8 Å². The molecule has 0 aliphatic carbocycles. The van der Waals surface area contributed by atoms with Crippen LogP contribution >= 0.6 is 0 Å². The highest BCUT2D eigenvalue weighted by Gasteiger charge is 1.89. The molecule has 0 atom stereocenters. The van der Waals surface area contributed by atoms with Crippen LogP contribution in [0.2, 0.25) is 0 Å². The maximum Gasteiger partial charge on any atom is 0.0280 e. The molecular weight excluding hydrogens is 108 g/mol. The fourth-order valence-corrected chi connectivity index (χ4v) is 0.736. The standard InChI is InChI=1S/C9H12/c1-7-4-5-8(2)9(3)6-7/h4-6H,1-3H3/i3D3. The van der Waals surface area contributed by atoms with Crippen LogP contribution in [0, 0.1) is 20.7 Å². The fourth-order valence-electron chi connectivity index (χ4n) is 0.736. The third-order valence-electron chi connectivity index (χ3n) is 1.39. The van der Waals surface area contributed by atoms with Crippen molar-refractivity contribution >= 4 is 0 Å². The molecule has 1 aromatic rings. The van der Waals surface area contributed by atoms with Crippen molar-refractivity contribution in [2.75, 3.05) is 0 Å². The Bertz CT molecular complexity index is 286. The molecule has 1 aromatic carbocycles. The van der Waals surface area contributed by atoms with Gasteiger partial charge in [0.25, 0.3) is 0 Å². The molecule has 0 bridgehead atoms. The van der Waals surface area contributed by atoms with Gasteiger partial charge in [0, 0.05) is 4.11 Å². The van der Waals surface area contributed by atoms with Crippen LogP contribution in [0.25, 0.3) is 0 Å². The molecule has 0 nitrogen and oxygen atoms in total. The Balaban J connectivity index is 3.23. The van der Waals surface area contributed by atoms with Gasteiger partial charge in [0.15, 0.2) is 0 Å². The number of aryl methyl sites for hydroxylation is 3. The van der Waals surface area contributed by atoms with Crippen molar-refractivity contribution in [2.24, 2.45) is 0 Å². The molecule has 0 amide bonds. The topological polar surface area (TPSA) is 0 Å². The monoisotopic (exact) mass is 123 g/mol. The summed E-state index contributed by atoms with van der Waals surface area (Å²) >= 11 is 0. The largest absolute Gasteiger partial charge is 0.0590 e. The summed E-state index contributed by atoms with van der Waals surface area (Å²) in [6, 6.07) is 5.49. The predicted molar refractivity (Wildman–Crippen MR) is 40.7 cm³/mol. The molecule has 0 spiro atoms. The first-order valence-corrected chi connectivity index (χ1v) is 2.99. The summed E-state index contributed by atoms with van der Waals surface area (Å²) in [7, 11) is 0. The van der Waals surface area contributed by atoms with Crippen LogP contribution in [-0.2, 0) is 0 Å². The molecule has 9 heavy (non-hydrogen) atoms. The summed E-state index contributed by atoms with van der Waals surface area (Å²) in [5, 5.41) is 0. The molecule has 0 saturated carbocycles. The van der Waals surface area contributed by atoms with Gasteiger partial charge in [0.05, 0.1) is 0 Å². The third-order valence-corrected chi connectivity index (χ3v) is 1.39. The van der Waals surface area contributed by atoms with Crippen molar-refractivity contribution < 1.29 is 4.11 Å². The van der Waals surface area contributed by atoms with Gasteiger partial charge in [0.2, 0.25) is 0 Å². The lowest BCUT2D eigenvalue weighted by atomic mass is 10.1. The Morgan fingerprint density at radius 1 is 1.22 bits per heavy atom. The van der Waals surface area contributed by atoms with E-state index in [-0.39, 0.29) is 0 Å². The van der Waals surface area contributed by atoms with E-state index in [0.29, 0.717) is 5.56 Å². The molecule has 0 aliphatic rings. The van der Waals surface area contributed by atoms with Gasteiger partial charge in [-0.05, 0) is 31.8 Å². The Kier molecular flexibility index (Phi) is 0.839. The summed E-state index contributed by atoms with van der Waals surface area (Å²) in [6.07, 6.45) is 0. The van der Waals surface area contributed by atoms with Gasteiger partial charge in [0.1, 0.15) is 0 Å². The van der Waals surface area contributed by atoms with E-state index < -0.39 is 6.85 Å². The first-order valence-electron chi connectivity index (χ1n) is 4.49. The van der Waals surface area contributed by atoms with Crippen molar-refractivity contribution in [3.8, 4) is 0 Å². The zero-order valence-corrected chi connectivity index (χ0v) is 5.73. The highest BCUT2D eigenvalue weighted by molar-refractivity contribution is 5.28. The van der Waals surface area contributed by atoms with Crippen LogP contribution in [0.5, 0.6) is 0 Å². The van der Waals surface area contributed by atoms with Crippen molar-refractivity contribution in [1.82, 2.24) is 0 Å². The molecule has 0 heterocycles. The van der Waals surface area contributed by atoms with Gasteiger partial charge in [-0.2, -0.15) is 0 Å². The molecule has 0 aliphatic heterocycles. The third kappa shape index (κ3) is 1.32. The second-order valence-electron chi connectivity index (χ2n) is 2.32. The molecule has 0 fully saturated rings. The van der Waals surface area contributed by atoms with Crippen LogP contribution < -0.4 is 0 Å². The van der Waals surface area contributed by atoms with Crippen molar-refractivity contribution in [3.63, 3.8) is 0 Å².